The van der Waals surface area contributed by atoms with E-state index < -0.39 is 0 Å². The number of hydrogen-bond donors (Lipinski definition) is 0. The van der Waals surface area contributed by atoms with Gasteiger partial charge in [-0.15, -0.1) is 0 Å². The first-order valence-electron chi connectivity index (χ1n) is 7.90. The highest BCUT2D eigenvalue weighted by atomic mass is 14.3. The second kappa shape index (κ2) is 5.10. The average molecular weight is 220 g/mol. The summed E-state index contributed by atoms with van der Waals surface area (Å²) in [6.07, 6.45) is 18.7. The van der Waals surface area contributed by atoms with Crippen molar-refractivity contribution in [3.8, 4) is 0 Å². The molecule has 16 heavy (non-hydrogen) atoms. The third-order valence-electron chi connectivity index (χ3n) is 5.90. The van der Waals surface area contributed by atoms with Gasteiger partial charge in [0.25, 0.3) is 0 Å². The molecule has 4 bridgehead atoms. The zero-order valence-corrected chi connectivity index (χ0v) is 10.8. The Morgan fingerprint density at radius 2 is 0.375 bits per heavy atom. The molecule has 6 aliphatic carbocycles. The summed E-state index contributed by atoms with van der Waals surface area (Å²) in [4.78, 5) is 0. The summed E-state index contributed by atoms with van der Waals surface area (Å²) in [7, 11) is 0. The lowest BCUT2D eigenvalue weighted by atomic mass is 9.71. The minimum atomic E-state index is 1.15. The molecule has 0 unspecified atom stereocenters. The molecule has 0 radical (unpaired) electrons. The Morgan fingerprint density at radius 1 is 0.250 bits per heavy atom. The van der Waals surface area contributed by atoms with Crippen molar-refractivity contribution in [1.82, 2.24) is 0 Å². The van der Waals surface area contributed by atoms with Gasteiger partial charge in [0.15, 0.2) is 0 Å². The minimum absolute atomic E-state index is 1.15. The van der Waals surface area contributed by atoms with Crippen molar-refractivity contribution in [2.45, 2.75) is 77.0 Å². The van der Waals surface area contributed by atoms with Gasteiger partial charge in [0.05, 0.1) is 0 Å². The standard InChI is InChI=1S/2C8H14/c2*1-2-8-5-3-7(1)4-6-8/h2*7-8H,1-6H2. The van der Waals surface area contributed by atoms with Crippen molar-refractivity contribution < 1.29 is 0 Å². The van der Waals surface area contributed by atoms with E-state index in [4.69, 9.17) is 0 Å². The van der Waals surface area contributed by atoms with E-state index in [-0.39, 0.29) is 0 Å². The van der Waals surface area contributed by atoms with Crippen LogP contribution in [-0.2, 0) is 0 Å². The molecule has 0 atom stereocenters. The molecule has 0 saturated heterocycles. The molecule has 0 spiro atoms. The molecule has 6 saturated carbocycles. The van der Waals surface area contributed by atoms with Crippen LogP contribution >= 0.6 is 0 Å². The van der Waals surface area contributed by atoms with Gasteiger partial charge in [0, 0.05) is 0 Å². The van der Waals surface area contributed by atoms with Crippen LogP contribution in [0.1, 0.15) is 77.0 Å². The molecule has 0 aromatic heterocycles. The Balaban J connectivity index is 0.000000101. The third-order valence-corrected chi connectivity index (χ3v) is 5.90. The van der Waals surface area contributed by atoms with Crippen LogP contribution in [0.2, 0.25) is 0 Å². The van der Waals surface area contributed by atoms with Crippen molar-refractivity contribution in [3.63, 3.8) is 0 Å². The van der Waals surface area contributed by atoms with Crippen LogP contribution in [0.15, 0.2) is 0 Å². The zero-order valence-electron chi connectivity index (χ0n) is 10.8. The maximum absolute atomic E-state index is 1.56. The van der Waals surface area contributed by atoms with Gasteiger partial charge in [-0.1, -0.05) is 77.0 Å². The molecule has 6 aliphatic rings. The van der Waals surface area contributed by atoms with E-state index in [1.54, 1.807) is 77.0 Å². The van der Waals surface area contributed by atoms with Crippen LogP contribution in [0.5, 0.6) is 0 Å². The van der Waals surface area contributed by atoms with E-state index >= 15 is 0 Å². The van der Waals surface area contributed by atoms with Gasteiger partial charge < -0.3 is 0 Å². The van der Waals surface area contributed by atoms with E-state index in [1.165, 1.54) is 0 Å². The van der Waals surface area contributed by atoms with Gasteiger partial charge in [0.2, 0.25) is 0 Å². The first-order chi connectivity index (χ1) is 7.90. The van der Waals surface area contributed by atoms with Gasteiger partial charge >= 0.3 is 0 Å². The van der Waals surface area contributed by atoms with E-state index in [2.05, 4.69) is 0 Å². The van der Waals surface area contributed by atoms with E-state index in [0.29, 0.717) is 0 Å². The molecule has 6 rings (SSSR count). The third kappa shape index (κ3) is 2.63. The average Bonchev–Trinajstić information content (AvgIpc) is 2.44. The molecular formula is C16H28. The van der Waals surface area contributed by atoms with Crippen LogP contribution in [0.25, 0.3) is 0 Å². The molecule has 0 aromatic rings. The predicted octanol–water partition coefficient (Wildman–Crippen LogP) is 5.17. The summed E-state index contributed by atoms with van der Waals surface area (Å²) in [6.45, 7) is 0. The van der Waals surface area contributed by atoms with Crippen molar-refractivity contribution in [2.75, 3.05) is 0 Å². The Bertz CT molecular complexity index is 134. The molecule has 0 aromatic carbocycles. The van der Waals surface area contributed by atoms with Crippen molar-refractivity contribution in [2.24, 2.45) is 23.7 Å². The van der Waals surface area contributed by atoms with Crippen LogP contribution in [-0.4, -0.2) is 0 Å². The first kappa shape index (κ1) is 11.1. The summed E-state index contributed by atoms with van der Waals surface area (Å²) in [6, 6.07) is 0. The van der Waals surface area contributed by atoms with E-state index in [0.717, 1.165) is 23.7 Å². The number of rotatable bonds is 0. The highest BCUT2D eigenvalue weighted by molar-refractivity contribution is 4.79. The topological polar surface area (TPSA) is 0 Å². The summed E-state index contributed by atoms with van der Waals surface area (Å²) in [5, 5.41) is 0. The summed E-state index contributed by atoms with van der Waals surface area (Å²) in [5.41, 5.74) is 0. The number of hydrogen-bond acceptors (Lipinski definition) is 0. The summed E-state index contributed by atoms with van der Waals surface area (Å²) < 4.78 is 0. The number of fused-ring (bicyclic) bond motifs is 6. The van der Waals surface area contributed by atoms with E-state index in [9.17, 15) is 0 Å². The van der Waals surface area contributed by atoms with Crippen molar-refractivity contribution in [1.29, 1.82) is 0 Å². The zero-order chi connectivity index (χ0) is 10.8. The minimum Gasteiger partial charge on any atom is -0.0502 e. The lowest BCUT2D eigenvalue weighted by molar-refractivity contribution is 0.176. The lowest BCUT2D eigenvalue weighted by Gasteiger charge is -2.35. The van der Waals surface area contributed by atoms with Gasteiger partial charge in [-0.2, -0.15) is 0 Å². The Hall–Kier alpha value is 0. The van der Waals surface area contributed by atoms with Gasteiger partial charge in [0.1, 0.15) is 0 Å². The predicted molar refractivity (Wildman–Crippen MR) is 69.4 cm³/mol. The van der Waals surface area contributed by atoms with Crippen LogP contribution in [0, 0.1) is 23.7 Å². The second-order valence-electron chi connectivity index (χ2n) is 6.93. The summed E-state index contributed by atoms with van der Waals surface area (Å²) in [5.74, 6) is 4.61. The lowest BCUT2D eigenvalue weighted by Crippen LogP contribution is -2.21. The van der Waals surface area contributed by atoms with E-state index in [1.807, 2.05) is 0 Å². The fraction of sp³-hybridized carbons (Fsp3) is 1.00. The molecule has 6 fully saturated rings. The molecule has 0 amide bonds. The molecule has 0 heterocycles. The molecule has 92 valence electrons. The Kier molecular flexibility index (Phi) is 3.54. The molecular weight excluding hydrogens is 192 g/mol. The maximum atomic E-state index is 1.56. The maximum Gasteiger partial charge on any atom is -0.0414 e. The van der Waals surface area contributed by atoms with Crippen molar-refractivity contribution in [3.05, 3.63) is 0 Å². The SMILES string of the molecule is C1CC2CCC1CC2.C1CC2CCC1CC2. The van der Waals surface area contributed by atoms with Crippen LogP contribution < -0.4 is 0 Å². The summed E-state index contributed by atoms with van der Waals surface area (Å²) >= 11 is 0. The molecule has 0 nitrogen and oxygen atoms in total. The Morgan fingerprint density at radius 3 is 0.438 bits per heavy atom. The fourth-order valence-electron chi connectivity index (χ4n) is 4.56. The van der Waals surface area contributed by atoms with Gasteiger partial charge in [-0.25, -0.2) is 0 Å². The Labute approximate surface area is 101 Å². The highest BCUT2D eigenvalue weighted by Crippen LogP contribution is 2.41. The van der Waals surface area contributed by atoms with Crippen LogP contribution in [0.3, 0.4) is 0 Å². The van der Waals surface area contributed by atoms with Gasteiger partial charge in [-0.05, 0) is 23.7 Å². The van der Waals surface area contributed by atoms with Crippen molar-refractivity contribution >= 4 is 0 Å². The quantitative estimate of drug-likeness (QED) is 0.528. The normalized spacial score (nSPS) is 45.0. The fourth-order valence-corrected chi connectivity index (χ4v) is 4.56. The van der Waals surface area contributed by atoms with Gasteiger partial charge in [-0.3, -0.25) is 0 Å². The highest BCUT2D eigenvalue weighted by Gasteiger charge is 2.27. The smallest absolute Gasteiger partial charge is 0.0414 e. The largest absolute Gasteiger partial charge is 0.0502 e. The monoisotopic (exact) mass is 220 g/mol. The van der Waals surface area contributed by atoms with Crippen LogP contribution in [0.4, 0.5) is 0 Å². The molecule has 0 heteroatoms. The molecule has 0 aliphatic heterocycles. The first-order valence-corrected chi connectivity index (χ1v) is 7.90. The second-order valence-corrected chi connectivity index (χ2v) is 6.93. The molecule has 0 N–H and O–H groups in total.